The lowest BCUT2D eigenvalue weighted by Gasteiger charge is -2.15. The second-order valence-electron chi connectivity index (χ2n) is 5.41. The van der Waals surface area contributed by atoms with Gasteiger partial charge in [-0.25, -0.2) is 4.39 Å². The van der Waals surface area contributed by atoms with Crippen LogP contribution in [0.3, 0.4) is 0 Å². The fourth-order valence-corrected chi connectivity index (χ4v) is 1.87. The number of benzene rings is 1. The largest absolute Gasteiger partial charge is 0.307 e. The molecule has 1 aromatic heterocycles. The highest BCUT2D eigenvalue weighted by Gasteiger charge is 2.16. The number of aromatic nitrogens is 4. The summed E-state index contributed by atoms with van der Waals surface area (Å²) in [6.07, 6.45) is 0. The summed E-state index contributed by atoms with van der Waals surface area (Å²) in [6, 6.07) is 4.98. The van der Waals surface area contributed by atoms with Crippen molar-refractivity contribution in [3.63, 3.8) is 0 Å². The van der Waals surface area contributed by atoms with Gasteiger partial charge in [-0.2, -0.15) is 4.68 Å². The minimum atomic E-state index is -0.258. The first-order valence-electron chi connectivity index (χ1n) is 6.77. The highest BCUT2D eigenvalue weighted by atomic mass is 19.1. The predicted octanol–water partition coefficient (Wildman–Crippen LogP) is 2.42. The van der Waals surface area contributed by atoms with Crippen molar-refractivity contribution in [2.24, 2.45) is 5.92 Å². The second kappa shape index (κ2) is 6.09. The third kappa shape index (κ3) is 3.19. The summed E-state index contributed by atoms with van der Waals surface area (Å²) in [6.45, 7) is 8.87. The molecule has 0 aliphatic rings. The van der Waals surface area contributed by atoms with E-state index >= 15 is 0 Å². The molecule has 2 rings (SSSR count). The number of rotatable bonds is 5. The maximum Gasteiger partial charge on any atom is 0.173 e. The first kappa shape index (κ1) is 14.6. The van der Waals surface area contributed by atoms with Crippen molar-refractivity contribution in [3.8, 4) is 5.69 Å². The molecule has 0 saturated heterocycles. The summed E-state index contributed by atoms with van der Waals surface area (Å²) in [5, 5.41) is 15.1. The molecular weight excluding hydrogens is 257 g/mol. The monoisotopic (exact) mass is 277 g/mol. The van der Waals surface area contributed by atoms with Gasteiger partial charge in [0, 0.05) is 0 Å². The van der Waals surface area contributed by atoms with Crippen molar-refractivity contribution in [3.05, 3.63) is 35.4 Å². The maximum absolute atomic E-state index is 13.7. The molecule has 0 aliphatic heterocycles. The Hall–Kier alpha value is -1.82. The fourth-order valence-electron chi connectivity index (χ4n) is 1.87. The number of tetrazole rings is 1. The minimum absolute atomic E-state index is 0.00300. The average molecular weight is 277 g/mol. The van der Waals surface area contributed by atoms with Crippen LogP contribution in [0.15, 0.2) is 18.2 Å². The van der Waals surface area contributed by atoms with Crippen LogP contribution in [0.4, 0.5) is 4.39 Å². The molecule has 1 N–H and O–H groups in total. The molecule has 6 heteroatoms. The van der Waals surface area contributed by atoms with Crippen LogP contribution in [0.25, 0.3) is 5.69 Å². The molecule has 0 aliphatic carbocycles. The van der Waals surface area contributed by atoms with Crippen LogP contribution in [0.5, 0.6) is 0 Å². The lowest BCUT2D eigenvalue weighted by Crippen LogP contribution is -2.25. The molecule has 5 nitrogen and oxygen atoms in total. The van der Waals surface area contributed by atoms with Crippen molar-refractivity contribution in [1.82, 2.24) is 25.5 Å². The Morgan fingerprint density at radius 3 is 2.70 bits per heavy atom. The Morgan fingerprint density at radius 1 is 1.30 bits per heavy atom. The van der Waals surface area contributed by atoms with Crippen LogP contribution in [0.2, 0.25) is 0 Å². The van der Waals surface area contributed by atoms with Gasteiger partial charge in [0.05, 0.1) is 11.7 Å². The van der Waals surface area contributed by atoms with E-state index in [0.717, 1.165) is 6.54 Å². The van der Waals surface area contributed by atoms with E-state index in [2.05, 4.69) is 34.7 Å². The number of aryl methyl sites for hydroxylation is 1. The highest BCUT2D eigenvalue weighted by molar-refractivity contribution is 5.35. The lowest BCUT2D eigenvalue weighted by molar-refractivity contribution is 0.474. The molecule has 0 amide bonds. The van der Waals surface area contributed by atoms with E-state index in [1.807, 2.05) is 13.0 Å². The van der Waals surface area contributed by atoms with E-state index in [0.29, 0.717) is 23.0 Å². The minimum Gasteiger partial charge on any atom is -0.307 e. The highest BCUT2D eigenvalue weighted by Crippen LogP contribution is 2.17. The van der Waals surface area contributed by atoms with Gasteiger partial charge in [-0.1, -0.05) is 19.9 Å². The number of halogens is 1. The molecular formula is C14H20FN5. The normalized spacial score (nSPS) is 12.9. The summed E-state index contributed by atoms with van der Waals surface area (Å²) < 4.78 is 15.2. The molecule has 1 unspecified atom stereocenters. The molecule has 20 heavy (non-hydrogen) atoms. The van der Waals surface area contributed by atoms with E-state index in [1.165, 1.54) is 6.07 Å². The van der Waals surface area contributed by atoms with Crippen molar-refractivity contribution in [1.29, 1.82) is 0 Å². The van der Waals surface area contributed by atoms with Crippen molar-refractivity contribution in [2.45, 2.75) is 33.7 Å². The molecule has 2 aromatic rings. The van der Waals surface area contributed by atoms with Gasteiger partial charge in [0.15, 0.2) is 5.82 Å². The van der Waals surface area contributed by atoms with Gasteiger partial charge >= 0.3 is 0 Å². The molecule has 0 bridgehead atoms. The van der Waals surface area contributed by atoms with Crippen LogP contribution in [0, 0.1) is 18.7 Å². The predicted molar refractivity (Wildman–Crippen MR) is 75.1 cm³/mol. The van der Waals surface area contributed by atoms with E-state index in [1.54, 1.807) is 17.7 Å². The van der Waals surface area contributed by atoms with Crippen LogP contribution >= 0.6 is 0 Å². The smallest absolute Gasteiger partial charge is 0.173 e. The zero-order valence-electron chi connectivity index (χ0n) is 12.3. The number of hydrogen-bond acceptors (Lipinski definition) is 4. The number of nitrogens with zero attached hydrogens (tertiary/aromatic N) is 4. The molecule has 1 atom stereocenters. The summed E-state index contributed by atoms with van der Waals surface area (Å²) in [5.41, 5.74) is 1.24. The molecule has 1 heterocycles. The van der Waals surface area contributed by atoms with Crippen LogP contribution < -0.4 is 5.32 Å². The Morgan fingerprint density at radius 2 is 2.05 bits per heavy atom. The van der Waals surface area contributed by atoms with Gasteiger partial charge in [0.2, 0.25) is 0 Å². The summed E-state index contributed by atoms with van der Waals surface area (Å²) >= 11 is 0. The van der Waals surface area contributed by atoms with E-state index in [9.17, 15) is 4.39 Å². The average Bonchev–Trinajstić information content (AvgIpc) is 2.88. The topological polar surface area (TPSA) is 55.6 Å². The SMILES string of the molecule is Cc1ccc(-n2nnnc2C(C)NCC(C)C)cc1F. The quantitative estimate of drug-likeness (QED) is 0.912. The first-order valence-corrected chi connectivity index (χ1v) is 6.77. The van der Waals surface area contributed by atoms with Crippen molar-refractivity contribution < 1.29 is 4.39 Å². The van der Waals surface area contributed by atoms with Crippen LogP contribution in [-0.4, -0.2) is 26.8 Å². The third-order valence-corrected chi connectivity index (χ3v) is 3.11. The molecule has 0 saturated carbocycles. The van der Waals surface area contributed by atoms with Crippen LogP contribution in [-0.2, 0) is 0 Å². The number of nitrogens with one attached hydrogen (secondary N) is 1. The van der Waals surface area contributed by atoms with Gasteiger partial charge in [0.25, 0.3) is 0 Å². The second-order valence-corrected chi connectivity index (χ2v) is 5.41. The van der Waals surface area contributed by atoms with Crippen molar-refractivity contribution >= 4 is 0 Å². The van der Waals surface area contributed by atoms with Crippen LogP contribution in [0.1, 0.15) is 38.2 Å². The molecule has 0 radical (unpaired) electrons. The van der Waals surface area contributed by atoms with Crippen molar-refractivity contribution in [2.75, 3.05) is 6.54 Å². The zero-order valence-corrected chi connectivity index (χ0v) is 12.3. The molecule has 1 aromatic carbocycles. The van der Waals surface area contributed by atoms with Gasteiger partial charge in [0.1, 0.15) is 5.82 Å². The molecule has 108 valence electrons. The first-order chi connectivity index (χ1) is 9.49. The fraction of sp³-hybridized carbons (Fsp3) is 0.500. The Labute approximate surface area is 118 Å². The van der Waals surface area contributed by atoms with E-state index < -0.39 is 0 Å². The summed E-state index contributed by atoms with van der Waals surface area (Å²) in [4.78, 5) is 0. The summed E-state index contributed by atoms with van der Waals surface area (Å²) in [5.74, 6) is 0.958. The number of hydrogen-bond donors (Lipinski definition) is 1. The van der Waals surface area contributed by atoms with E-state index in [4.69, 9.17) is 0 Å². The third-order valence-electron chi connectivity index (χ3n) is 3.11. The zero-order chi connectivity index (χ0) is 14.7. The maximum atomic E-state index is 13.7. The van der Waals surface area contributed by atoms with E-state index in [-0.39, 0.29) is 11.9 Å². The Balaban J connectivity index is 2.25. The van der Waals surface area contributed by atoms with Gasteiger partial charge in [-0.15, -0.1) is 5.10 Å². The van der Waals surface area contributed by atoms with Gasteiger partial charge in [-0.05, 0) is 54.4 Å². The van der Waals surface area contributed by atoms with Gasteiger partial charge in [-0.3, -0.25) is 0 Å². The lowest BCUT2D eigenvalue weighted by atomic mass is 10.2. The standard InChI is InChI=1S/C14H20FN5/c1-9(2)8-16-11(4)14-17-18-19-20(14)12-6-5-10(3)13(15)7-12/h5-7,9,11,16H,8H2,1-4H3. The molecule has 0 fully saturated rings. The Kier molecular flexibility index (Phi) is 4.44. The Bertz CT molecular complexity index is 579. The molecule has 0 spiro atoms. The van der Waals surface area contributed by atoms with Gasteiger partial charge < -0.3 is 5.32 Å². The summed E-state index contributed by atoms with van der Waals surface area (Å²) in [7, 11) is 0.